The molecule has 5 nitrogen and oxygen atoms in total. The van der Waals surface area contributed by atoms with Crippen molar-refractivity contribution in [3.8, 4) is 11.5 Å². The standard InChI is InChI=1S/C14H17N3O2/c1-8(6-15)17-11-5-13-12(18-7-19-13)4-10(11)16-14(17)9-2-3-9/h4-5,8-9H,2-3,6-7,15H2,1H3. The van der Waals surface area contributed by atoms with E-state index in [9.17, 15) is 0 Å². The molecule has 1 fully saturated rings. The van der Waals surface area contributed by atoms with E-state index in [1.54, 1.807) is 0 Å². The number of nitrogens with two attached hydrogens (primary N) is 1. The van der Waals surface area contributed by atoms with E-state index in [1.165, 1.54) is 12.8 Å². The molecule has 0 saturated heterocycles. The predicted molar refractivity (Wildman–Crippen MR) is 71.6 cm³/mol. The van der Waals surface area contributed by atoms with Crippen molar-refractivity contribution < 1.29 is 9.47 Å². The summed E-state index contributed by atoms with van der Waals surface area (Å²) in [4.78, 5) is 4.79. The number of fused-ring (bicyclic) bond motifs is 2. The maximum absolute atomic E-state index is 5.85. The number of rotatable bonds is 3. The van der Waals surface area contributed by atoms with Gasteiger partial charge in [0.25, 0.3) is 0 Å². The van der Waals surface area contributed by atoms with Gasteiger partial charge in [-0.05, 0) is 19.8 Å². The van der Waals surface area contributed by atoms with Crippen LogP contribution in [0.1, 0.15) is 37.5 Å². The normalized spacial score (nSPS) is 19.1. The largest absolute Gasteiger partial charge is 0.454 e. The highest BCUT2D eigenvalue weighted by Crippen LogP contribution is 2.44. The van der Waals surface area contributed by atoms with E-state index in [-0.39, 0.29) is 6.04 Å². The van der Waals surface area contributed by atoms with Crippen molar-refractivity contribution >= 4 is 11.0 Å². The number of hydrogen-bond donors (Lipinski definition) is 1. The summed E-state index contributed by atoms with van der Waals surface area (Å²) in [6.07, 6.45) is 2.46. The second-order valence-electron chi connectivity index (χ2n) is 5.39. The molecule has 100 valence electrons. The topological polar surface area (TPSA) is 62.3 Å². The Morgan fingerprint density at radius 2 is 2.11 bits per heavy atom. The quantitative estimate of drug-likeness (QED) is 0.917. The van der Waals surface area contributed by atoms with Gasteiger partial charge in [-0.25, -0.2) is 4.98 Å². The molecule has 1 aromatic carbocycles. The molecule has 0 amide bonds. The molecule has 1 unspecified atom stereocenters. The van der Waals surface area contributed by atoms with Crippen LogP contribution in [0.5, 0.6) is 11.5 Å². The maximum Gasteiger partial charge on any atom is 0.231 e. The Balaban J connectivity index is 1.96. The molecule has 0 bridgehead atoms. The van der Waals surface area contributed by atoms with Gasteiger partial charge in [0.05, 0.1) is 11.0 Å². The molecular formula is C14H17N3O2. The third-order valence-corrected chi connectivity index (χ3v) is 3.94. The molecule has 1 saturated carbocycles. The Bertz CT molecular complexity index is 646. The monoisotopic (exact) mass is 259 g/mol. The molecule has 1 aliphatic heterocycles. The van der Waals surface area contributed by atoms with Crippen molar-refractivity contribution in [1.29, 1.82) is 0 Å². The van der Waals surface area contributed by atoms with Gasteiger partial charge < -0.3 is 19.8 Å². The molecule has 1 aliphatic carbocycles. The fourth-order valence-corrected chi connectivity index (χ4v) is 2.70. The molecule has 1 aromatic heterocycles. The third-order valence-electron chi connectivity index (χ3n) is 3.94. The van der Waals surface area contributed by atoms with Crippen molar-refractivity contribution in [3.63, 3.8) is 0 Å². The minimum Gasteiger partial charge on any atom is -0.454 e. The zero-order valence-electron chi connectivity index (χ0n) is 10.9. The average molecular weight is 259 g/mol. The number of aromatic nitrogens is 2. The van der Waals surface area contributed by atoms with Gasteiger partial charge >= 0.3 is 0 Å². The Hall–Kier alpha value is -1.75. The summed E-state index contributed by atoms with van der Waals surface area (Å²) in [5, 5.41) is 0. The summed E-state index contributed by atoms with van der Waals surface area (Å²) < 4.78 is 13.2. The van der Waals surface area contributed by atoms with E-state index < -0.39 is 0 Å². The van der Waals surface area contributed by atoms with Gasteiger partial charge in [-0.3, -0.25) is 0 Å². The Labute approximate surface area is 111 Å². The van der Waals surface area contributed by atoms with Gasteiger partial charge in [0.2, 0.25) is 6.79 Å². The van der Waals surface area contributed by atoms with E-state index in [1.807, 2.05) is 12.1 Å². The lowest BCUT2D eigenvalue weighted by Gasteiger charge is -2.15. The summed E-state index contributed by atoms with van der Waals surface area (Å²) in [6.45, 7) is 3.04. The van der Waals surface area contributed by atoms with Gasteiger partial charge in [0.15, 0.2) is 11.5 Å². The highest BCUT2D eigenvalue weighted by atomic mass is 16.7. The van der Waals surface area contributed by atoms with Crippen LogP contribution in [0, 0.1) is 0 Å². The van der Waals surface area contributed by atoms with Crippen molar-refractivity contribution in [1.82, 2.24) is 9.55 Å². The number of benzene rings is 1. The van der Waals surface area contributed by atoms with Crippen LogP contribution in [0.4, 0.5) is 0 Å². The molecule has 2 aliphatic rings. The second-order valence-corrected chi connectivity index (χ2v) is 5.39. The highest BCUT2D eigenvalue weighted by Gasteiger charge is 2.31. The van der Waals surface area contributed by atoms with Crippen molar-refractivity contribution in [2.75, 3.05) is 13.3 Å². The summed E-state index contributed by atoms with van der Waals surface area (Å²) >= 11 is 0. The second kappa shape index (κ2) is 3.87. The summed E-state index contributed by atoms with van der Waals surface area (Å²) in [7, 11) is 0. The smallest absolute Gasteiger partial charge is 0.231 e. The third kappa shape index (κ3) is 1.61. The van der Waals surface area contributed by atoms with Crippen LogP contribution in [0.25, 0.3) is 11.0 Å². The predicted octanol–water partition coefficient (Wildman–Crippen LogP) is 2.16. The molecule has 5 heteroatoms. The van der Waals surface area contributed by atoms with Gasteiger partial charge in [-0.2, -0.15) is 0 Å². The maximum atomic E-state index is 5.85. The minimum atomic E-state index is 0.251. The van der Waals surface area contributed by atoms with Gasteiger partial charge in [0, 0.05) is 30.6 Å². The van der Waals surface area contributed by atoms with Crippen LogP contribution >= 0.6 is 0 Å². The van der Waals surface area contributed by atoms with E-state index in [0.717, 1.165) is 28.4 Å². The minimum absolute atomic E-state index is 0.251. The number of nitrogens with zero attached hydrogens (tertiary/aromatic N) is 2. The Kier molecular flexibility index (Phi) is 2.26. The number of ether oxygens (including phenoxy) is 2. The van der Waals surface area contributed by atoms with Crippen LogP contribution in [-0.4, -0.2) is 22.9 Å². The lowest BCUT2D eigenvalue weighted by molar-refractivity contribution is 0.174. The fraction of sp³-hybridized carbons (Fsp3) is 0.500. The molecule has 0 radical (unpaired) electrons. The Morgan fingerprint density at radius 3 is 2.79 bits per heavy atom. The van der Waals surface area contributed by atoms with Crippen molar-refractivity contribution in [2.45, 2.75) is 31.7 Å². The summed E-state index contributed by atoms with van der Waals surface area (Å²) in [5.74, 6) is 3.36. The lowest BCUT2D eigenvalue weighted by Crippen LogP contribution is -2.17. The molecule has 2 heterocycles. The molecule has 19 heavy (non-hydrogen) atoms. The average Bonchev–Trinajstić information content (AvgIpc) is 3.06. The summed E-state index contributed by atoms with van der Waals surface area (Å²) in [6, 6.07) is 4.26. The fourth-order valence-electron chi connectivity index (χ4n) is 2.70. The van der Waals surface area contributed by atoms with Crippen LogP contribution in [-0.2, 0) is 0 Å². The van der Waals surface area contributed by atoms with Gasteiger partial charge in [-0.15, -0.1) is 0 Å². The number of hydrogen-bond acceptors (Lipinski definition) is 4. The van der Waals surface area contributed by atoms with Gasteiger partial charge in [0.1, 0.15) is 5.82 Å². The molecule has 2 aromatic rings. The Morgan fingerprint density at radius 1 is 1.37 bits per heavy atom. The van der Waals surface area contributed by atoms with Crippen LogP contribution in [0.3, 0.4) is 0 Å². The van der Waals surface area contributed by atoms with E-state index in [0.29, 0.717) is 19.3 Å². The molecule has 0 spiro atoms. The number of imidazole rings is 1. The van der Waals surface area contributed by atoms with E-state index >= 15 is 0 Å². The lowest BCUT2D eigenvalue weighted by atomic mass is 10.2. The molecule has 2 N–H and O–H groups in total. The zero-order valence-corrected chi connectivity index (χ0v) is 10.9. The first-order valence-corrected chi connectivity index (χ1v) is 6.79. The molecular weight excluding hydrogens is 242 g/mol. The zero-order chi connectivity index (χ0) is 13.0. The SMILES string of the molecule is CC(CN)n1c(C2CC2)nc2cc3c(cc21)OCO3. The van der Waals surface area contributed by atoms with Gasteiger partial charge in [-0.1, -0.05) is 0 Å². The molecule has 4 rings (SSSR count). The van der Waals surface area contributed by atoms with Crippen LogP contribution in [0.2, 0.25) is 0 Å². The molecule has 1 atom stereocenters. The first-order valence-electron chi connectivity index (χ1n) is 6.79. The van der Waals surface area contributed by atoms with E-state index in [4.69, 9.17) is 20.2 Å². The van der Waals surface area contributed by atoms with Crippen LogP contribution in [0.15, 0.2) is 12.1 Å². The summed E-state index contributed by atoms with van der Waals surface area (Å²) in [5.41, 5.74) is 7.93. The highest BCUT2D eigenvalue weighted by molar-refractivity contribution is 5.81. The van der Waals surface area contributed by atoms with Crippen LogP contribution < -0.4 is 15.2 Å². The first kappa shape index (κ1) is 11.1. The van der Waals surface area contributed by atoms with E-state index in [2.05, 4.69) is 11.5 Å². The van der Waals surface area contributed by atoms with Crippen molar-refractivity contribution in [3.05, 3.63) is 18.0 Å². The van der Waals surface area contributed by atoms with Crippen molar-refractivity contribution in [2.24, 2.45) is 5.73 Å². The first-order chi connectivity index (χ1) is 9.28.